The van der Waals surface area contributed by atoms with Crippen molar-refractivity contribution in [1.29, 1.82) is 0 Å². The van der Waals surface area contributed by atoms with Gasteiger partial charge in [-0.1, -0.05) is 47.6 Å². The number of hydrogen-bond acceptors (Lipinski definition) is 5. The topological polar surface area (TPSA) is 67.6 Å². The zero-order valence-corrected chi connectivity index (χ0v) is 15.1. The second kappa shape index (κ2) is 8.33. The van der Waals surface area contributed by atoms with Crippen LogP contribution in [-0.4, -0.2) is 48.8 Å². The quantitative estimate of drug-likeness (QED) is 0.727. The molecule has 2 aromatic carbocycles. The Balaban J connectivity index is 1.47. The molecule has 0 saturated carbocycles. The molecule has 1 fully saturated rings. The molecule has 6 heteroatoms. The van der Waals surface area contributed by atoms with Crippen molar-refractivity contribution in [3.05, 3.63) is 65.9 Å². The second-order valence-corrected chi connectivity index (χ2v) is 6.75. The van der Waals surface area contributed by atoms with Gasteiger partial charge in [-0.05, 0) is 17.7 Å². The van der Waals surface area contributed by atoms with Gasteiger partial charge in [-0.3, -0.25) is 9.69 Å². The highest BCUT2D eigenvalue weighted by molar-refractivity contribution is 5.86. The lowest BCUT2D eigenvalue weighted by Gasteiger charge is -2.31. The largest absolute Gasteiger partial charge is 0.379 e. The number of hydrogen-bond donors (Lipinski definition) is 1. The standard InChI is InChI=1S/C21H23N3O3/c25-21(14-18-17-8-4-5-9-20(17)27-23-18)22-19(16-6-2-1-3-7-16)15-24-10-12-26-13-11-24/h1-9,19H,10-15H2,(H,22,25)/t19-/m0/s1. The molecule has 1 aliphatic rings. The Bertz CT molecular complexity index is 888. The van der Waals surface area contributed by atoms with Crippen LogP contribution in [0.25, 0.3) is 11.0 Å². The molecule has 1 amide bonds. The third kappa shape index (κ3) is 4.35. The first kappa shape index (κ1) is 17.7. The van der Waals surface area contributed by atoms with Crippen molar-refractivity contribution >= 4 is 16.9 Å². The van der Waals surface area contributed by atoms with E-state index in [0.29, 0.717) is 11.3 Å². The molecule has 0 bridgehead atoms. The van der Waals surface area contributed by atoms with Crippen molar-refractivity contribution in [2.24, 2.45) is 0 Å². The summed E-state index contributed by atoms with van der Waals surface area (Å²) in [6.07, 6.45) is 0.198. The molecule has 140 valence electrons. The number of nitrogens with zero attached hydrogens (tertiary/aromatic N) is 2. The van der Waals surface area contributed by atoms with Crippen LogP contribution in [0, 0.1) is 0 Å². The Hall–Kier alpha value is -2.70. The van der Waals surface area contributed by atoms with E-state index in [0.717, 1.165) is 43.8 Å². The molecule has 2 heterocycles. The van der Waals surface area contributed by atoms with Gasteiger partial charge in [0.2, 0.25) is 5.91 Å². The minimum Gasteiger partial charge on any atom is -0.379 e. The fraction of sp³-hybridized carbons (Fsp3) is 0.333. The maximum Gasteiger partial charge on any atom is 0.226 e. The molecule has 6 nitrogen and oxygen atoms in total. The molecule has 1 saturated heterocycles. The van der Waals surface area contributed by atoms with Crippen LogP contribution in [0.4, 0.5) is 0 Å². The van der Waals surface area contributed by atoms with E-state index in [4.69, 9.17) is 9.26 Å². The number of para-hydroxylation sites is 1. The third-order valence-corrected chi connectivity index (χ3v) is 4.86. The molecule has 1 aliphatic heterocycles. The Morgan fingerprint density at radius 3 is 2.63 bits per heavy atom. The van der Waals surface area contributed by atoms with Crippen molar-refractivity contribution < 1.29 is 14.1 Å². The minimum absolute atomic E-state index is 0.0591. The van der Waals surface area contributed by atoms with Crippen molar-refractivity contribution in [3.63, 3.8) is 0 Å². The first-order chi connectivity index (χ1) is 13.3. The monoisotopic (exact) mass is 365 g/mol. The summed E-state index contributed by atoms with van der Waals surface area (Å²) < 4.78 is 10.7. The van der Waals surface area contributed by atoms with Crippen molar-refractivity contribution in [1.82, 2.24) is 15.4 Å². The molecule has 4 rings (SSSR count). The van der Waals surface area contributed by atoms with Gasteiger partial charge >= 0.3 is 0 Å². The summed E-state index contributed by atoms with van der Waals surface area (Å²) in [4.78, 5) is 15.1. The fourth-order valence-corrected chi connectivity index (χ4v) is 3.42. The van der Waals surface area contributed by atoms with E-state index in [9.17, 15) is 4.79 Å². The number of morpholine rings is 1. The van der Waals surface area contributed by atoms with Gasteiger partial charge in [-0.2, -0.15) is 0 Å². The van der Waals surface area contributed by atoms with E-state index < -0.39 is 0 Å². The second-order valence-electron chi connectivity index (χ2n) is 6.75. The van der Waals surface area contributed by atoms with Crippen LogP contribution in [0.5, 0.6) is 0 Å². The van der Waals surface area contributed by atoms with Crippen LogP contribution in [0.3, 0.4) is 0 Å². The summed E-state index contributed by atoms with van der Waals surface area (Å²) >= 11 is 0. The Morgan fingerprint density at radius 2 is 1.81 bits per heavy atom. The highest BCUT2D eigenvalue weighted by Gasteiger charge is 2.21. The van der Waals surface area contributed by atoms with E-state index in [1.54, 1.807) is 0 Å². The van der Waals surface area contributed by atoms with Gasteiger partial charge in [-0.25, -0.2) is 0 Å². The minimum atomic E-state index is -0.0741. The first-order valence-corrected chi connectivity index (χ1v) is 9.27. The van der Waals surface area contributed by atoms with Gasteiger partial charge in [0.1, 0.15) is 5.69 Å². The first-order valence-electron chi connectivity index (χ1n) is 9.27. The van der Waals surface area contributed by atoms with E-state index >= 15 is 0 Å². The van der Waals surface area contributed by atoms with Crippen LogP contribution >= 0.6 is 0 Å². The zero-order chi connectivity index (χ0) is 18.5. The van der Waals surface area contributed by atoms with Crippen LogP contribution in [0.15, 0.2) is 59.1 Å². The van der Waals surface area contributed by atoms with Gasteiger partial charge in [-0.15, -0.1) is 0 Å². The highest BCUT2D eigenvalue weighted by atomic mass is 16.5. The molecule has 1 N–H and O–H groups in total. The molecular formula is C21H23N3O3. The molecule has 0 radical (unpaired) electrons. The van der Waals surface area contributed by atoms with E-state index in [1.165, 1.54) is 0 Å². The number of nitrogens with one attached hydrogen (secondary N) is 1. The number of fused-ring (bicyclic) bond motifs is 1. The molecule has 3 aromatic rings. The van der Waals surface area contributed by atoms with Gasteiger partial charge in [0.25, 0.3) is 0 Å². The molecule has 0 unspecified atom stereocenters. The lowest BCUT2D eigenvalue weighted by Crippen LogP contribution is -2.43. The normalized spacial score (nSPS) is 16.3. The number of carbonyl (C=O) groups is 1. The highest BCUT2D eigenvalue weighted by Crippen LogP contribution is 2.19. The average Bonchev–Trinajstić information content (AvgIpc) is 3.12. The summed E-state index contributed by atoms with van der Waals surface area (Å²) in [5, 5.41) is 8.13. The molecule has 27 heavy (non-hydrogen) atoms. The smallest absolute Gasteiger partial charge is 0.226 e. The number of amides is 1. The predicted molar refractivity (Wildman–Crippen MR) is 102 cm³/mol. The van der Waals surface area contributed by atoms with Gasteiger partial charge in [0.15, 0.2) is 5.58 Å². The van der Waals surface area contributed by atoms with Gasteiger partial charge in [0, 0.05) is 25.0 Å². The Labute approximate surface area is 158 Å². The lowest BCUT2D eigenvalue weighted by atomic mass is 10.1. The van der Waals surface area contributed by atoms with Crippen LogP contribution in [0.2, 0.25) is 0 Å². The van der Waals surface area contributed by atoms with Crippen LogP contribution in [-0.2, 0) is 16.0 Å². The number of benzene rings is 2. The van der Waals surface area contributed by atoms with Crippen molar-refractivity contribution in [2.45, 2.75) is 12.5 Å². The summed E-state index contributed by atoms with van der Waals surface area (Å²) in [6, 6.07) is 17.6. The van der Waals surface area contributed by atoms with Gasteiger partial charge < -0.3 is 14.6 Å². The van der Waals surface area contributed by atoms with Crippen LogP contribution in [0.1, 0.15) is 17.3 Å². The van der Waals surface area contributed by atoms with E-state index in [-0.39, 0.29) is 18.4 Å². The summed E-state index contributed by atoms with van der Waals surface area (Å²) in [6.45, 7) is 4.00. The van der Waals surface area contributed by atoms with Crippen LogP contribution < -0.4 is 5.32 Å². The molecular weight excluding hydrogens is 342 g/mol. The van der Waals surface area contributed by atoms with Gasteiger partial charge in [0.05, 0.1) is 25.7 Å². The Morgan fingerprint density at radius 1 is 1.07 bits per heavy atom. The van der Waals surface area contributed by atoms with Crippen molar-refractivity contribution in [3.8, 4) is 0 Å². The zero-order valence-electron chi connectivity index (χ0n) is 15.1. The predicted octanol–water partition coefficient (Wildman–Crippen LogP) is 2.56. The number of ether oxygens (including phenoxy) is 1. The van der Waals surface area contributed by atoms with E-state index in [2.05, 4.69) is 27.5 Å². The SMILES string of the molecule is O=C(Cc1noc2ccccc12)N[C@@H](CN1CCOCC1)c1ccccc1. The Kier molecular flexibility index (Phi) is 5.46. The van der Waals surface area contributed by atoms with E-state index in [1.807, 2.05) is 42.5 Å². The summed E-state index contributed by atoms with van der Waals surface area (Å²) in [5.41, 5.74) is 2.47. The fourth-order valence-electron chi connectivity index (χ4n) is 3.42. The third-order valence-electron chi connectivity index (χ3n) is 4.86. The summed E-state index contributed by atoms with van der Waals surface area (Å²) in [5.74, 6) is -0.0591. The molecule has 0 spiro atoms. The molecule has 1 aromatic heterocycles. The number of rotatable bonds is 6. The maximum absolute atomic E-state index is 12.7. The molecule has 0 aliphatic carbocycles. The number of aromatic nitrogens is 1. The lowest BCUT2D eigenvalue weighted by molar-refractivity contribution is -0.121. The number of carbonyl (C=O) groups excluding carboxylic acids is 1. The summed E-state index contributed by atoms with van der Waals surface area (Å²) in [7, 11) is 0. The molecule has 1 atom stereocenters. The maximum atomic E-state index is 12.7. The van der Waals surface area contributed by atoms with Crippen molar-refractivity contribution in [2.75, 3.05) is 32.8 Å². The average molecular weight is 365 g/mol.